The topological polar surface area (TPSA) is 46.6 Å². The molecule has 1 fully saturated rings. The lowest BCUT2D eigenvalue weighted by atomic mass is 10.1. The average molecular weight is 327 g/mol. The molecule has 0 N–H and O–H groups in total. The second kappa shape index (κ2) is 6.83. The van der Waals surface area contributed by atoms with E-state index in [1.807, 2.05) is 0 Å². The minimum absolute atomic E-state index is 0.0711. The molecule has 0 unspecified atom stereocenters. The molecule has 0 heterocycles. The number of Topliss-reactive ketones (excluding diaryl/α,β-unsaturated/α-hetero) is 1. The fourth-order valence-corrected chi connectivity index (χ4v) is 1.80. The van der Waals surface area contributed by atoms with Gasteiger partial charge in [0.25, 0.3) is 0 Å². The Labute approximate surface area is 126 Å². The van der Waals surface area contributed by atoms with Gasteiger partial charge in [0, 0.05) is 19.0 Å². The molecule has 0 bridgehead atoms. The van der Waals surface area contributed by atoms with Crippen molar-refractivity contribution in [2.24, 2.45) is 0 Å². The van der Waals surface area contributed by atoms with Gasteiger partial charge in [-0.25, -0.2) is 13.6 Å². The predicted octanol–water partition coefficient (Wildman–Crippen LogP) is 3.64. The lowest BCUT2D eigenvalue weighted by molar-refractivity contribution is -0.150. The van der Waals surface area contributed by atoms with Crippen molar-refractivity contribution in [1.29, 1.82) is 0 Å². The number of rotatable bonds is 7. The van der Waals surface area contributed by atoms with E-state index in [1.165, 1.54) is 4.90 Å². The Bertz CT molecular complexity index is 417. The van der Waals surface area contributed by atoms with E-state index < -0.39 is 42.7 Å². The third-order valence-electron chi connectivity index (χ3n) is 3.00. The SMILES string of the molecule is CC(C)(C)OC(=O)N(CCC(=O)CC(F)(F)C(F)F)C1CC1. The monoisotopic (exact) mass is 327 g/mol. The van der Waals surface area contributed by atoms with Crippen LogP contribution in [0.25, 0.3) is 0 Å². The molecule has 1 aliphatic carbocycles. The number of hydrogen-bond acceptors (Lipinski definition) is 3. The number of nitrogens with zero attached hydrogens (tertiary/aromatic N) is 1. The van der Waals surface area contributed by atoms with E-state index in [-0.39, 0.29) is 12.6 Å². The Morgan fingerprint density at radius 3 is 2.18 bits per heavy atom. The van der Waals surface area contributed by atoms with Crippen LogP contribution in [0.1, 0.15) is 46.5 Å². The normalized spacial score (nSPS) is 15.8. The van der Waals surface area contributed by atoms with E-state index in [2.05, 4.69) is 0 Å². The van der Waals surface area contributed by atoms with E-state index in [1.54, 1.807) is 20.8 Å². The zero-order valence-electron chi connectivity index (χ0n) is 12.9. The first kappa shape index (κ1) is 18.7. The smallest absolute Gasteiger partial charge is 0.410 e. The molecule has 0 aromatic rings. The molecule has 1 amide bonds. The van der Waals surface area contributed by atoms with Crippen molar-refractivity contribution in [1.82, 2.24) is 4.90 Å². The van der Waals surface area contributed by atoms with Crippen LogP contribution in [0.5, 0.6) is 0 Å². The Balaban J connectivity index is 2.52. The summed E-state index contributed by atoms with van der Waals surface area (Å²) in [7, 11) is 0. The summed E-state index contributed by atoms with van der Waals surface area (Å²) in [5.41, 5.74) is -0.711. The summed E-state index contributed by atoms with van der Waals surface area (Å²) in [5, 5.41) is 0. The number of carbonyl (C=O) groups is 2. The molecule has 1 rings (SSSR count). The maximum Gasteiger partial charge on any atom is 0.410 e. The highest BCUT2D eigenvalue weighted by Crippen LogP contribution is 2.30. The molecule has 1 saturated carbocycles. The Kier molecular flexibility index (Phi) is 5.81. The number of alkyl halides is 4. The van der Waals surface area contributed by atoms with Crippen molar-refractivity contribution >= 4 is 11.9 Å². The van der Waals surface area contributed by atoms with Gasteiger partial charge in [-0.3, -0.25) is 4.79 Å². The first-order valence-corrected chi connectivity index (χ1v) is 7.09. The van der Waals surface area contributed by atoms with Gasteiger partial charge < -0.3 is 9.64 Å². The maximum absolute atomic E-state index is 12.8. The van der Waals surface area contributed by atoms with Crippen molar-refractivity contribution < 1.29 is 31.9 Å². The van der Waals surface area contributed by atoms with Crippen LogP contribution < -0.4 is 0 Å². The predicted molar refractivity (Wildman–Crippen MR) is 71.2 cm³/mol. The van der Waals surface area contributed by atoms with E-state index >= 15 is 0 Å². The van der Waals surface area contributed by atoms with Crippen LogP contribution in [-0.4, -0.2) is 47.3 Å². The van der Waals surface area contributed by atoms with Gasteiger partial charge in [-0.15, -0.1) is 0 Å². The highest BCUT2D eigenvalue weighted by atomic mass is 19.3. The molecule has 0 spiro atoms. The molecular weight excluding hydrogens is 306 g/mol. The standard InChI is InChI=1S/C14H21F4NO3/c1-13(2,3)22-12(21)19(9-4-5-9)7-6-10(20)8-14(17,18)11(15)16/h9,11H,4-8H2,1-3H3. The minimum Gasteiger partial charge on any atom is -0.444 e. The molecule has 0 aromatic heterocycles. The van der Waals surface area contributed by atoms with Crippen molar-refractivity contribution in [3.63, 3.8) is 0 Å². The number of halogens is 4. The third kappa shape index (κ3) is 6.19. The zero-order chi connectivity index (χ0) is 17.1. The second-order valence-electron chi connectivity index (χ2n) is 6.43. The summed E-state index contributed by atoms with van der Waals surface area (Å²) in [4.78, 5) is 24.7. The van der Waals surface area contributed by atoms with Crippen LogP contribution >= 0.6 is 0 Å². The fraction of sp³-hybridized carbons (Fsp3) is 0.857. The van der Waals surface area contributed by atoms with Gasteiger partial charge in [0.2, 0.25) is 0 Å². The van der Waals surface area contributed by atoms with Crippen molar-refractivity contribution in [3.8, 4) is 0 Å². The van der Waals surface area contributed by atoms with Crippen molar-refractivity contribution in [3.05, 3.63) is 0 Å². The van der Waals surface area contributed by atoms with E-state index in [0.29, 0.717) is 0 Å². The second-order valence-corrected chi connectivity index (χ2v) is 6.43. The summed E-state index contributed by atoms with van der Waals surface area (Å²) >= 11 is 0. The molecule has 128 valence electrons. The lowest BCUT2D eigenvalue weighted by Crippen LogP contribution is -2.40. The molecule has 22 heavy (non-hydrogen) atoms. The van der Waals surface area contributed by atoms with Crippen LogP contribution in [0.4, 0.5) is 22.4 Å². The number of hydrogen-bond donors (Lipinski definition) is 0. The summed E-state index contributed by atoms with van der Waals surface area (Å²) in [6.45, 7) is 4.96. The van der Waals surface area contributed by atoms with Gasteiger partial charge in [0.1, 0.15) is 11.4 Å². The Hall–Kier alpha value is -1.34. The highest BCUT2D eigenvalue weighted by Gasteiger charge is 2.43. The first-order valence-electron chi connectivity index (χ1n) is 7.09. The van der Waals surface area contributed by atoms with Crippen LogP contribution in [0.15, 0.2) is 0 Å². The van der Waals surface area contributed by atoms with Crippen molar-refractivity contribution in [2.45, 2.75) is 70.4 Å². The van der Waals surface area contributed by atoms with E-state index in [0.717, 1.165) is 12.8 Å². The molecular formula is C14H21F4NO3. The third-order valence-corrected chi connectivity index (χ3v) is 3.00. The van der Waals surface area contributed by atoms with Crippen LogP contribution in [0.2, 0.25) is 0 Å². The van der Waals surface area contributed by atoms with Crippen LogP contribution in [0, 0.1) is 0 Å². The zero-order valence-corrected chi connectivity index (χ0v) is 12.9. The minimum atomic E-state index is -4.33. The molecule has 0 saturated heterocycles. The van der Waals surface area contributed by atoms with Gasteiger partial charge in [-0.1, -0.05) is 0 Å². The van der Waals surface area contributed by atoms with Gasteiger partial charge in [-0.05, 0) is 33.6 Å². The summed E-state index contributed by atoms with van der Waals surface area (Å²) in [6.07, 6.45) is -4.90. The van der Waals surface area contributed by atoms with Gasteiger partial charge in [0.15, 0.2) is 0 Å². The highest BCUT2D eigenvalue weighted by molar-refractivity contribution is 5.80. The average Bonchev–Trinajstić information content (AvgIpc) is 3.10. The first-order chi connectivity index (χ1) is 9.92. The number of amides is 1. The van der Waals surface area contributed by atoms with Crippen LogP contribution in [-0.2, 0) is 9.53 Å². The summed E-state index contributed by atoms with van der Waals surface area (Å²) in [5.74, 6) is -5.33. The molecule has 1 aliphatic rings. The van der Waals surface area contributed by atoms with E-state index in [4.69, 9.17) is 4.74 Å². The van der Waals surface area contributed by atoms with Gasteiger partial charge in [-0.2, -0.15) is 8.78 Å². The van der Waals surface area contributed by atoms with Crippen molar-refractivity contribution in [2.75, 3.05) is 6.54 Å². The lowest BCUT2D eigenvalue weighted by Gasteiger charge is -2.27. The number of ketones is 1. The summed E-state index contributed by atoms with van der Waals surface area (Å²) < 4.78 is 54.8. The summed E-state index contributed by atoms with van der Waals surface area (Å²) in [6, 6.07) is -0.0711. The Morgan fingerprint density at radius 2 is 1.77 bits per heavy atom. The van der Waals surface area contributed by atoms with Gasteiger partial charge >= 0.3 is 18.4 Å². The van der Waals surface area contributed by atoms with Gasteiger partial charge in [0.05, 0.1) is 6.42 Å². The van der Waals surface area contributed by atoms with Crippen LogP contribution in [0.3, 0.4) is 0 Å². The molecule has 0 radical (unpaired) electrons. The number of carbonyl (C=O) groups excluding carboxylic acids is 2. The van der Waals surface area contributed by atoms with E-state index in [9.17, 15) is 27.2 Å². The number of ether oxygens (including phenoxy) is 1. The molecule has 0 aliphatic heterocycles. The molecule has 8 heteroatoms. The maximum atomic E-state index is 12.8. The fourth-order valence-electron chi connectivity index (χ4n) is 1.80. The quantitative estimate of drug-likeness (QED) is 0.671. The molecule has 0 atom stereocenters. The molecule has 0 aromatic carbocycles. The molecule has 4 nitrogen and oxygen atoms in total. The largest absolute Gasteiger partial charge is 0.444 e. The Morgan fingerprint density at radius 1 is 1.23 bits per heavy atom.